The Hall–Kier alpha value is -2.65. The molecule has 13 heteroatoms. The van der Waals surface area contributed by atoms with Gasteiger partial charge in [-0.3, -0.25) is 0 Å². The second-order valence-electron chi connectivity index (χ2n) is 11.3. The van der Waals surface area contributed by atoms with Crippen LogP contribution in [0.1, 0.15) is 29.5 Å². The van der Waals surface area contributed by atoms with Gasteiger partial charge in [-0.25, -0.2) is 25.3 Å². The van der Waals surface area contributed by atoms with Crippen molar-refractivity contribution in [2.45, 2.75) is 48.3 Å². The predicted octanol–water partition coefficient (Wildman–Crippen LogP) is 3.39. The van der Waals surface area contributed by atoms with E-state index in [2.05, 4.69) is 0 Å². The molecule has 44 heavy (non-hydrogen) atoms. The number of benzene rings is 3. The molecule has 1 N–H and O–H groups in total. The van der Waals surface area contributed by atoms with Crippen LogP contribution in [-0.2, 0) is 30.1 Å². The van der Waals surface area contributed by atoms with E-state index in [4.69, 9.17) is 0 Å². The Labute approximate surface area is 262 Å². The quantitative estimate of drug-likeness (QED) is 0.410. The van der Waals surface area contributed by atoms with Crippen molar-refractivity contribution in [3.05, 3.63) is 89.5 Å². The van der Waals surface area contributed by atoms with Crippen molar-refractivity contribution in [3.63, 3.8) is 0 Å². The molecule has 4 rings (SSSR count). The Morgan fingerprint density at radius 3 is 1.09 bits per heavy atom. The van der Waals surface area contributed by atoms with Gasteiger partial charge in [0.25, 0.3) is 0 Å². The summed E-state index contributed by atoms with van der Waals surface area (Å²) in [6.07, 6.45) is 0.416. The van der Waals surface area contributed by atoms with Crippen molar-refractivity contribution < 1.29 is 30.4 Å². The molecular weight excluding hydrogens is 623 g/mol. The maximum atomic E-state index is 13.8. The predicted molar refractivity (Wildman–Crippen MR) is 170 cm³/mol. The molecule has 3 aromatic carbocycles. The van der Waals surface area contributed by atoms with Crippen LogP contribution in [0.2, 0.25) is 0 Å². The first-order valence-electron chi connectivity index (χ1n) is 14.6. The Morgan fingerprint density at radius 1 is 0.523 bits per heavy atom. The number of rotatable bonds is 7. The number of hydrogen-bond acceptors (Lipinski definition) is 7. The van der Waals surface area contributed by atoms with E-state index in [1.54, 1.807) is 36.4 Å². The third-order valence-corrected chi connectivity index (χ3v) is 13.5. The lowest BCUT2D eigenvalue weighted by molar-refractivity contribution is 0.172. The molecule has 0 aromatic heterocycles. The van der Waals surface area contributed by atoms with E-state index in [1.165, 1.54) is 49.3 Å². The lowest BCUT2D eigenvalue weighted by Crippen LogP contribution is -2.45. The van der Waals surface area contributed by atoms with Crippen molar-refractivity contribution >= 4 is 30.1 Å². The third-order valence-electron chi connectivity index (χ3n) is 7.79. The molecule has 0 atom stereocenters. The maximum Gasteiger partial charge on any atom is 0.243 e. The van der Waals surface area contributed by atoms with E-state index in [1.807, 2.05) is 20.8 Å². The van der Waals surface area contributed by atoms with Gasteiger partial charge in [0.15, 0.2) is 0 Å². The van der Waals surface area contributed by atoms with Gasteiger partial charge in [-0.05, 0) is 70.0 Å². The summed E-state index contributed by atoms with van der Waals surface area (Å²) in [6.45, 7) is 4.87. The van der Waals surface area contributed by atoms with Gasteiger partial charge in [-0.2, -0.15) is 12.9 Å². The highest BCUT2D eigenvalue weighted by atomic mass is 32.2. The second kappa shape index (κ2) is 14.2. The number of aliphatic hydroxyl groups is 1. The summed E-state index contributed by atoms with van der Waals surface area (Å²) >= 11 is 0. The highest BCUT2D eigenvalue weighted by Crippen LogP contribution is 2.24. The zero-order valence-electron chi connectivity index (χ0n) is 25.3. The van der Waals surface area contributed by atoms with E-state index < -0.39 is 42.6 Å². The molecule has 0 amide bonds. The molecule has 1 heterocycles. The van der Waals surface area contributed by atoms with Crippen molar-refractivity contribution in [1.29, 1.82) is 0 Å². The molecule has 1 aliphatic rings. The first-order valence-corrected chi connectivity index (χ1v) is 18.9. The highest BCUT2D eigenvalue weighted by molar-refractivity contribution is 7.89. The molecular formula is C31H41N3O7S3. The summed E-state index contributed by atoms with van der Waals surface area (Å²) in [5.41, 5.74) is 2.68. The zero-order chi connectivity index (χ0) is 32.1. The van der Waals surface area contributed by atoms with E-state index in [0.717, 1.165) is 16.7 Å². The molecule has 240 valence electrons. The van der Waals surface area contributed by atoms with Crippen LogP contribution in [0.5, 0.6) is 0 Å². The van der Waals surface area contributed by atoms with Crippen molar-refractivity contribution in [2.24, 2.45) is 5.92 Å². The van der Waals surface area contributed by atoms with E-state index in [-0.39, 0.29) is 66.8 Å². The molecule has 0 radical (unpaired) electrons. The maximum absolute atomic E-state index is 13.8. The molecule has 0 bridgehead atoms. The van der Waals surface area contributed by atoms with Gasteiger partial charge in [0, 0.05) is 51.8 Å². The molecule has 0 aliphatic carbocycles. The van der Waals surface area contributed by atoms with E-state index >= 15 is 0 Å². The number of aliphatic hydroxyl groups excluding tert-OH is 1. The van der Waals surface area contributed by atoms with Crippen LogP contribution < -0.4 is 0 Å². The molecule has 1 aliphatic heterocycles. The average Bonchev–Trinajstić information content (AvgIpc) is 2.97. The van der Waals surface area contributed by atoms with Gasteiger partial charge in [0.05, 0.1) is 14.7 Å². The van der Waals surface area contributed by atoms with Crippen LogP contribution in [0.15, 0.2) is 87.5 Å². The van der Waals surface area contributed by atoms with Crippen molar-refractivity contribution in [3.8, 4) is 0 Å². The molecule has 3 aromatic rings. The summed E-state index contributed by atoms with van der Waals surface area (Å²) in [7, 11) is -12.0. The number of aryl methyl sites for hydroxylation is 3. The van der Waals surface area contributed by atoms with E-state index in [9.17, 15) is 30.4 Å². The number of hydrogen-bond donors (Lipinski definition) is 1. The van der Waals surface area contributed by atoms with Gasteiger partial charge in [-0.15, -0.1) is 0 Å². The molecule has 10 nitrogen and oxygen atoms in total. The third kappa shape index (κ3) is 7.94. The van der Waals surface area contributed by atoms with Gasteiger partial charge < -0.3 is 5.11 Å². The lowest BCUT2D eigenvalue weighted by atomic mass is 10.1. The molecule has 1 saturated heterocycles. The monoisotopic (exact) mass is 663 g/mol. The fraction of sp³-hybridized carbons (Fsp3) is 0.419. The van der Waals surface area contributed by atoms with Crippen LogP contribution in [0.4, 0.5) is 0 Å². The minimum atomic E-state index is -4.04. The molecule has 0 unspecified atom stereocenters. The Morgan fingerprint density at radius 2 is 0.795 bits per heavy atom. The zero-order valence-corrected chi connectivity index (χ0v) is 27.8. The van der Waals surface area contributed by atoms with Crippen LogP contribution in [0, 0.1) is 26.7 Å². The second-order valence-corrected chi connectivity index (χ2v) is 17.1. The van der Waals surface area contributed by atoms with Crippen LogP contribution >= 0.6 is 0 Å². The summed E-state index contributed by atoms with van der Waals surface area (Å²) in [5, 5.41) is 10.3. The van der Waals surface area contributed by atoms with Crippen LogP contribution in [0.3, 0.4) is 0 Å². The normalized spacial score (nSPS) is 18.0. The van der Waals surface area contributed by atoms with Gasteiger partial charge in [-0.1, -0.05) is 53.1 Å². The summed E-state index contributed by atoms with van der Waals surface area (Å²) < 4.78 is 86.5. The van der Waals surface area contributed by atoms with Crippen molar-refractivity contribution in [1.82, 2.24) is 12.9 Å². The van der Waals surface area contributed by atoms with Crippen LogP contribution in [0.25, 0.3) is 0 Å². The van der Waals surface area contributed by atoms with Crippen molar-refractivity contribution in [2.75, 3.05) is 45.9 Å². The Bertz CT molecular complexity index is 1630. The Balaban J connectivity index is 1.73. The smallest absolute Gasteiger partial charge is 0.243 e. The largest absolute Gasteiger partial charge is 0.396 e. The minimum absolute atomic E-state index is 0.0165. The van der Waals surface area contributed by atoms with E-state index in [0.29, 0.717) is 0 Å². The molecule has 0 spiro atoms. The summed E-state index contributed by atoms with van der Waals surface area (Å²) in [4.78, 5) is 0.254. The van der Waals surface area contributed by atoms with Crippen LogP contribution in [-0.4, -0.2) is 89.2 Å². The Kier molecular flexibility index (Phi) is 11.0. The molecule has 1 fully saturated rings. The first-order chi connectivity index (χ1) is 20.7. The fourth-order valence-electron chi connectivity index (χ4n) is 5.15. The first kappa shape index (κ1) is 34.2. The summed E-state index contributed by atoms with van der Waals surface area (Å²) in [6, 6.07) is 19.3. The average molecular weight is 664 g/mol. The summed E-state index contributed by atoms with van der Waals surface area (Å²) in [5.74, 6) is -0.720. The number of sulfonamides is 3. The minimum Gasteiger partial charge on any atom is -0.396 e. The SMILES string of the molecule is Cc1ccc(S(=O)(=O)N2CCCN(S(=O)(=O)c3ccc(C)cc3)CC(CO)CN(S(=O)(=O)c3ccc(C)cc3)CCC2)cc1. The highest BCUT2D eigenvalue weighted by Gasteiger charge is 2.33. The molecule has 0 saturated carbocycles. The standard InChI is InChI=1S/C31H41N3O7S3/c1-25-6-12-29(13-7-25)42(36,37)32-18-4-20-33(43(38,39)30-14-8-26(2)9-15-30)22-28(24-35)23-34(21-5-19-32)44(40,41)31-16-10-27(3)11-17-31/h6-17,28,35H,4-5,18-24H2,1-3H3. The van der Waals surface area contributed by atoms with Gasteiger partial charge in [0.2, 0.25) is 30.1 Å². The van der Waals surface area contributed by atoms with Gasteiger partial charge in [0.1, 0.15) is 0 Å². The number of nitrogens with zero attached hydrogens (tertiary/aromatic N) is 3. The van der Waals surface area contributed by atoms with Gasteiger partial charge >= 0.3 is 0 Å². The lowest BCUT2D eigenvalue weighted by Gasteiger charge is -2.32. The topological polar surface area (TPSA) is 132 Å². The fourth-order valence-corrected chi connectivity index (χ4v) is 9.77.